The third-order valence-electron chi connectivity index (χ3n) is 0.999. The largest absolute Gasteiger partial charge is 0.478 e. The number of carbonyl (C=O) groups excluding carboxylic acids is 1. The maximum Gasteiger partial charge on any atom is 0.330 e. The molecule has 0 spiro atoms. The second-order valence-corrected chi connectivity index (χ2v) is 2.77. The topological polar surface area (TPSA) is 83.8 Å². The molecule has 0 saturated heterocycles. The highest BCUT2D eigenvalue weighted by Gasteiger charge is 1.98. The molecule has 0 aromatic carbocycles. The Morgan fingerprint density at radius 3 is 2.06 bits per heavy atom. The van der Waals surface area contributed by atoms with Crippen LogP contribution in [0, 0.1) is 0 Å². The highest BCUT2D eigenvalue weighted by Crippen LogP contribution is 1.83. The number of hydrogen-bond donors (Lipinski definition) is 2. The minimum atomic E-state index is -0.935. The summed E-state index contributed by atoms with van der Waals surface area (Å²) in [6.45, 7) is 9.35. The summed E-state index contributed by atoms with van der Waals surface area (Å²) in [6, 6.07) is 0. The van der Waals surface area contributed by atoms with E-state index in [1.54, 1.807) is 0 Å². The summed E-state index contributed by atoms with van der Waals surface area (Å²) in [5.74, 6) is -1.44. The number of carboxylic acid groups (broad SMARTS) is 1. The van der Waals surface area contributed by atoms with Gasteiger partial charge in [-0.1, -0.05) is 13.2 Å². The highest BCUT2D eigenvalue weighted by molar-refractivity contribution is 5.85. The Balaban J connectivity index is -0.000000214. The third kappa shape index (κ3) is 18.5. The SMILES string of the molecule is C=C(C)C(=O)O.C=CC(=O)OCC(C)O.Cl. The second kappa shape index (κ2) is 11.7. The van der Waals surface area contributed by atoms with E-state index in [0.29, 0.717) is 0 Å². The second-order valence-electron chi connectivity index (χ2n) is 2.77. The lowest BCUT2D eigenvalue weighted by atomic mass is 10.4. The molecule has 0 aliphatic carbocycles. The summed E-state index contributed by atoms with van der Waals surface area (Å²) in [7, 11) is 0. The maximum atomic E-state index is 10.3. The Morgan fingerprint density at radius 2 is 1.88 bits per heavy atom. The first-order valence-corrected chi connectivity index (χ1v) is 4.17. The van der Waals surface area contributed by atoms with Gasteiger partial charge in [-0.15, -0.1) is 12.4 Å². The van der Waals surface area contributed by atoms with Gasteiger partial charge in [-0.3, -0.25) is 0 Å². The predicted octanol–water partition coefficient (Wildman–Crippen LogP) is 1.17. The van der Waals surface area contributed by atoms with Gasteiger partial charge in [0.15, 0.2) is 0 Å². The first kappa shape index (κ1) is 20.1. The molecule has 0 rings (SSSR count). The number of esters is 1. The van der Waals surface area contributed by atoms with E-state index in [0.717, 1.165) is 6.08 Å². The van der Waals surface area contributed by atoms with Gasteiger partial charge in [0.1, 0.15) is 6.61 Å². The van der Waals surface area contributed by atoms with Crippen LogP contribution in [0.5, 0.6) is 0 Å². The van der Waals surface area contributed by atoms with Crippen LogP contribution in [-0.4, -0.2) is 34.9 Å². The molecule has 1 unspecified atom stereocenters. The fourth-order valence-corrected chi connectivity index (χ4v) is 0.262. The summed E-state index contributed by atoms with van der Waals surface area (Å²) in [5.41, 5.74) is 0.176. The Labute approximate surface area is 101 Å². The van der Waals surface area contributed by atoms with Gasteiger partial charge in [-0.05, 0) is 13.8 Å². The van der Waals surface area contributed by atoms with E-state index < -0.39 is 18.0 Å². The molecule has 94 valence electrons. The van der Waals surface area contributed by atoms with Crippen molar-refractivity contribution in [3.8, 4) is 0 Å². The molecule has 0 fully saturated rings. The van der Waals surface area contributed by atoms with Gasteiger partial charge in [-0.25, -0.2) is 9.59 Å². The minimum Gasteiger partial charge on any atom is -0.478 e. The van der Waals surface area contributed by atoms with E-state index in [-0.39, 0.29) is 24.6 Å². The quantitative estimate of drug-likeness (QED) is 0.580. The van der Waals surface area contributed by atoms with Crippen LogP contribution in [0.1, 0.15) is 13.8 Å². The van der Waals surface area contributed by atoms with E-state index in [4.69, 9.17) is 10.2 Å². The zero-order valence-corrected chi connectivity index (χ0v) is 10.1. The van der Waals surface area contributed by atoms with Crippen LogP contribution in [0.25, 0.3) is 0 Å². The number of halogens is 1. The van der Waals surface area contributed by atoms with Crippen molar-refractivity contribution in [2.24, 2.45) is 0 Å². The van der Waals surface area contributed by atoms with Crippen molar-refractivity contribution in [1.29, 1.82) is 0 Å². The van der Waals surface area contributed by atoms with Crippen LogP contribution in [0.3, 0.4) is 0 Å². The fourth-order valence-electron chi connectivity index (χ4n) is 0.262. The molecule has 0 heterocycles. The zero-order chi connectivity index (χ0) is 12.4. The normalized spacial score (nSPS) is 9.69. The molecule has 1 atom stereocenters. The van der Waals surface area contributed by atoms with E-state index in [2.05, 4.69) is 17.9 Å². The number of aliphatic hydroxyl groups is 1. The number of carbonyl (C=O) groups is 2. The van der Waals surface area contributed by atoms with Crippen LogP contribution in [0.15, 0.2) is 24.8 Å². The molecule has 0 aliphatic rings. The van der Waals surface area contributed by atoms with Crippen LogP contribution in [-0.2, 0) is 14.3 Å². The summed E-state index contributed by atoms with van der Waals surface area (Å²) in [5, 5.41) is 16.5. The number of carboxylic acids is 1. The van der Waals surface area contributed by atoms with Crippen molar-refractivity contribution in [3.63, 3.8) is 0 Å². The predicted molar refractivity (Wildman–Crippen MR) is 62.5 cm³/mol. The average molecular weight is 253 g/mol. The summed E-state index contributed by atoms with van der Waals surface area (Å²) >= 11 is 0. The Morgan fingerprint density at radius 1 is 1.50 bits per heavy atom. The molecular formula is C10H17ClO5. The minimum absolute atomic E-state index is 0. The van der Waals surface area contributed by atoms with Gasteiger partial charge in [0, 0.05) is 11.6 Å². The average Bonchev–Trinajstić information content (AvgIpc) is 2.14. The van der Waals surface area contributed by atoms with Gasteiger partial charge >= 0.3 is 11.9 Å². The molecular weight excluding hydrogens is 236 g/mol. The third-order valence-corrected chi connectivity index (χ3v) is 0.999. The number of aliphatic hydroxyl groups excluding tert-OH is 1. The van der Waals surface area contributed by atoms with E-state index in [1.165, 1.54) is 13.8 Å². The van der Waals surface area contributed by atoms with Crippen LogP contribution in [0.4, 0.5) is 0 Å². The monoisotopic (exact) mass is 252 g/mol. The molecule has 0 aromatic heterocycles. The molecule has 0 saturated carbocycles. The first-order valence-electron chi connectivity index (χ1n) is 4.17. The van der Waals surface area contributed by atoms with Gasteiger partial charge in [0.05, 0.1) is 6.10 Å². The number of ether oxygens (including phenoxy) is 1. The van der Waals surface area contributed by atoms with Crippen LogP contribution >= 0.6 is 12.4 Å². The molecule has 5 nitrogen and oxygen atoms in total. The van der Waals surface area contributed by atoms with E-state index in [9.17, 15) is 9.59 Å². The van der Waals surface area contributed by atoms with Crippen molar-refractivity contribution >= 4 is 24.3 Å². The Kier molecular flexibility index (Phi) is 14.8. The van der Waals surface area contributed by atoms with Crippen molar-refractivity contribution in [2.75, 3.05) is 6.61 Å². The lowest BCUT2D eigenvalue weighted by molar-refractivity contribution is -0.140. The van der Waals surface area contributed by atoms with Gasteiger partial charge in [-0.2, -0.15) is 0 Å². The fraction of sp³-hybridized carbons (Fsp3) is 0.400. The highest BCUT2D eigenvalue weighted by atomic mass is 35.5. The molecule has 0 aliphatic heterocycles. The standard InChI is InChI=1S/C6H10O3.C4H6O2.ClH/c1-3-6(8)9-4-5(2)7;1-3(2)4(5)6;/h3,5,7H,1,4H2,2H3;1H2,2H3,(H,5,6);1H. The summed E-state index contributed by atoms with van der Waals surface area (Å²) < 4.78 is 4.45. The molecule has 6 heteroatoms. The van der Waals surface area contributed by atoms with Crippen molar-refractivity contribution in [3.05, 3.63) is 24.8 Å². The lowest BCUT2D eigenvalue weighted by Crippen LogP contribution is -2.13. The maximum absolute atomic E-state index is 10.3. The molecule has 0 amide bonds. The molecule has 0 radical (unpaired) electrons. The molecule has 16 heavy (non-hydrogen) atoms. The summed E-state index contributed by atoms with van der Waals surface area (Å²) in [4.78, 5) is 19.9. The van der Waals surface area contributed by atoms with Crippen molar-refractivity contribution in [1.82, 2.24) is 0 Å². The summed E-state index contributed by atoms with van der Waals surface area (Å²) in [6.07, 6.45) is 0.455. The first-order chi connectivity index (χ1) is 6.81. The van der Waals surface area contributed by atoms with E-state index in [1.807, 2.05) is 0 Å². The van der Waals surface area contributed by atoms with Crippen LogP contribution < -0.4 is 0 Å². The molecule has 2 N–H and O–H groups in total. The van der Waals surface area contributed by atoms with Gasteiger partial charge in [0.2, 0.25) is 0 Å². The van der Waals surface area contributed by atoms with Crippen molar-refractivity contribution < 1.29 is 24.5 Å². The number of aliphatic carboxylic acids is 1. The Hall–Kier alpha value is -1.33. The number of rotatable bonds is 4. The molecule has 0 aromatic rings. The van der Waals surface area contributed by atoms with E-state index >= 15 is 0 Å². The lowest BCUT2D eigenvalue weighted by Gasteiger charge is -2.02. The Bertz CT molecular complexity index is 236. The zero-order valence-electron chi connectivity index (χ0n) is 9.30. The van der Waals surface area contributed by atoms with Crippen LogP contribution in [0.2, 0.25) is 0 Å². The smallest absolute Gasteiger partial charge is 0.330 e. The van der Waals surface area contributed by atoms with Gasteiger partial charge in [0.25, 0.3) is 0 Å². The van der Waals surface area contributed by atoms with Gasteiger partial charge < -0.3 is 14.9 Å². The molecule has 0 bridgehead atoms. The number of hydrogen-bond acceptors (Lipinski definition) is 4. The van der Waals surface area contributed by atoms with Crippen molar-refractivity contribution in [2.45, 2.75) is 20.0 Å².